The van der Waals surface area contributed by atoms with Gasteiger partial charge in [-0.15, -0.1) is 0 Å². The molecule has 0 bridgehead atoms. The van der Waals surface area contributed by atoms with E-state index < -0.39 is 0 Å². The van der Waals surface area contributed by atoms with E-state index in [2.05, 4.69) is 19.1 Å². The van der Waals surface area contributed by atoms with Gasteiger partial charge in [0.25, 0.3) is 0 Å². The Balaban J connectivity index is 1.56. The molecule has 0 atom stereocenters. The number of rotatable bonds is 6. The zero-order chi connectivity index (χ0) is 14.2. The molecule has 1 nitrogen and oxygen atoms in total. The number of carbonyl (C=O) groups excluding carboxylic acids is 1. The van der Waals surface area contributed by atoms with Crippen molar-refractivity contribution in [3.05, 3.63) is 12.2 Å². The minimum atomic E-state index is 0.487. The second-order valence-corrected chi connectivity index (χ2v) is 7.06. The second-order valence-electron chi connectivity index (χ2n) is 7.06. The topological polar surface area (TPSA) is 17.1 Å². The highest BCUT2D eigenvalue weighted by molar-refractivity contribution is 5.78. The van der Waals surface area contributed by atoms with Crippen molar-refractivity contribution in [2.45, 2.75) is 84.0 Å². The summed E-state index contributed by atoms with van der Waals surface area (Å²) in [6, 6.07) is 0. The van der Waals surface area contributed by atoms with Crippen molar-refractivity contribution >= 4 is 5.78 Å². The molecule has 0 heterocycles. The van der Waals surface area contributed by atoms with Gasteiger partial charge < -0.3 is 0 Å². The highest BCUT2D eigenvalue weighted by atomic mass is 16.1. The summed E-state index contributed by atoms with van der Waals surface area (Å²) in [4.78, 5) is 11.2. The predicted molar refractivity (Wildman–Crippen MR) is 85.7 cm³/mol. The van der Waals surface area contributed by atoms with Crippen molar-refractivity contribution in [3.8, 4) is 0 Å². The maximum atomic E-state index is 11.2. The number of Topliss-reactive ketones (excluding diaryl/α,β-unsaturated/α-hetero) is 1. The van der Waals surface area contributed by atoms with Gasteiger partial charge in [-0.1, -0.05) is 31.9 Å². The van der Waals surface area contributed by atoms with Crippen LogP contribution in [0.3, 0.4) is 0 Å². The summed E-state index contributed by atoms with van der Waals surface area (Å²) < 4.78 is 0. The van der Waals surface area contributed by atoms with E-state index in [0.717, 1.165) is 43.4 Å². The Hall–Kier alpha value is -0.590. The average molecular weight is 276 g/mol. The molecule has 1 heteroatoms. The van der Waals surface area contributed by atoms with Crippen LogP contribution >= 0.6 is 0 Å². The first kappa shape index (κ1) is 15.8. The molecule has 0 aromatic carbocycles. The monoisotopic (exact) mass is 276 g/mol. The van der Waals surface area contributed by atoms with E-state index in [9.17, 15) is 4.79 Å². The lowest BCUT2D eigenvalue weighted by Crippen LogP contribution is -2.13. The minimum Gasteiger partial charge on any atom is -0.300 e. The lowest BCUT2D eigenvalue weighted by molar-refractivity contribution is -0.121. The zero-order valence-corrected chi connectivity index (χ0v) is 13.3. The van der Waals surface area contributed by atoms with Crippen LogP contribution in [-0.2, 0) is 4.79 Å². The van der Waals surface area contributed by atoms with Crippen molar-refractivity contribution in [1.29, 1.82) is 0 Å². The van der Waals surface area contributed by atoms with Crippen LogP contribution in [-0.4, -0.2) is 5.78 Å². The molecule has 0 amide bonds. The molecule has 0 unspecified atom stereocenters. The molecule has 0 aliphatic heterocycles. The SMILES string of the molecule is CCCC1CCC(/C=C/CCC2CCC(=O)CC2)CC1. The van der Waals surface area contributed by atoms with Gasteiger partial charge in [-0.25, -0.2) is 0 Å². The third-order valence-corrected chi connectivity index (χ3v) is 5.40. The van der Waals surface area contributed by atoms with E-state index in [-0.39, 0.29) is 0 Å². The van der Waals surface area contributed by atoms with Crippen LogP contribution in [0.15, 0.2) is 12.2 Å². The van der Waals surface area contributed by atoms with Crippen molar-refractivity contribution < 1.29 is 4.79 Å². The predicted octanol–water partition coefficient (Wildman–Crippen LogP) is 5.69. The van der Waals surface area contributed by atoms with Gasteiger partial charge in [0, 0.05) is 12.8 Å². The Morgan fingerprint density at radius 1 is 0.950 bits per heavy atom. The largest absolute Gasteiger partial charge is 0.300 e. The summed E-state index contributed by atoms with van der Waals surface area (Å²) in [5.41, 5.74) is 0. The standard InChI is InChI=1S/C19H32O/c1-2-5-16-8-10-17(11-9-16)6-3-4-7-18-12-14-19(20)15-13-18/h3,6,16-18H,2,4-5,7-15H2,1H3/b6-3+. The van der Waals surface area contributed by atoms with E-state index >= 15 is 0 Å². The van der Waals surface area contributed by atoms with E-state index in [1.54, 1.807) is 0 Å². The lowest BCUT2D eigenvalue weighted by atomic mass is 9.80. The van der Waals surface area contributed by atoms with E-state index in [1.807, 2.05) is 0 Å². The highest BCUT2D eigenvalue weighted by Gasteiger charge is 2.19. The van der Waals surface area contributed by atoms with E-state index in [1.165, 1.54) is 51.4 Å². The number of allylic oxidation sites excluding steroid dienone is 2. The summed E-state index contributed by atoms with van der Waals surface area (Å²) in [7, 11) is 0. The van der Waals surface area contributed by atoms with E-state index in [0.29, 0.717) is 5.78 Å². The normalized spacial score (nSPS) is 29.1. The maximum Gasteiger partial charge on any atom is 0.132 e. The van der Waals surface area contributed by atoms with Gasteiger partial charge in [0.05, 0.1) is 0 Å². The molecule has 0 spiro atoms. The van der Waals surface area contributed by atoms with Crippen molar-refractivity contribution in [2.24, 2.45) is 17.8 Å². The minimum absolute atomic E-state index is 0.487. The Morgan fingerprint density at radius 2 is 1.60 bits per heavy atom. The molecule has 0 N–H and O–H groups in total. The number of carbonyl (C=O) groups is 1. The van der Waals surface area contributed by atoms with Crippen LogP contribution in [0.4, 0.5) is 0 Å². The fourth-order valence-corrected chi connectivity index (χ4v) is 3.99. The number of ketones is 1. The summed E-state index contributed by atoms with van der Waals surface area (Å²) in [5, 5.41) is 0. The van der Waals surface area contributed by atoms with Crippen molar-refractivity contribution in [3.63, 3.8) is 0 Å². The highest BCUT2D eigenvalue weighted by Crippen LogP contribution is 2.32. The molecular weight excluding hydrogens is 244 g/mol. The quantitative estimate of drug-likeness (QED) is 0.570. The van der Waals surface area contributed by atoms with Gasteiger partial charge >= 0.3 is 0 Å². The van der Waals surface area contributed by atoms with Gasteiger partial charge in [0.15, 0.2) is 0 Å². The molecule has 0 saturated heterocycles. The fraction of sp³-hybridized carbons (Fsp3) is 0.842. The number of hydrogen-bond acceptors (Lipinski definition) is 1. The first-order valence-corrected chi connectivity index (χ1v) is 8.96. The molecule has 2 rings (SSSR count). The molecule has 0 aromatic heterocycles. The fourth-order valence-electron chi connectivity index (χ4n) is 3.99. The molecule has 2 aliphatic rings. The van der Waals surface area contributed by atoms with Crippen LogP contribution in [0.2, 0.25) is 0 Å². The molecular formula is C19H32O. The van der Waals surface area contributed by atoms with Gasteiger partial charge in [0.1, 0.15) is 5.78 Å². The van der Waals surface area contributed by atoms with Crippen LogP contribution in [0.1, 0.15) is 84.0 Å². The maximum absolute atomic E-state index is 11.2. The summed E-state index contributed by atoms with van der Waals surface area (Å²) in [5.74, 6) is 3.18. The first-order chi connectivity index (χ1) is 9.78. The van der Waals surface area contributed by atoms with Gasteiger partial charge in [-0.05, 0) is 69.1 Å². The Morgan fingerprint density at radius 3 is 2.25 bits per heavy atom. The molecule has 0 aromatic rings. The molecule has 2 fully saturated rings. The van der Waals surface area contributed by atoms with Crippen LogP contribution in [0.5, 0.6) is 0 Å². The van der Waals surface area contributed by atoms with Crippen LogP contribution < -0.4 is 0 Å². The summed E-state index contributed by atoms with van der Waals surface area (Å²) in [6.45, 7) is 2.31. The smallest absolute Gasteiger partial charge is 0.132 e. The third kappa shape index (κ3) is 5.42. The lowest BCUT2D eigenvalue weighted by Gasteiger charge is -2.26. The molecule has 2 aliphatic carbocycles. The summed E-state index contributed by atoms with van der Waals surface area (Å²) >= 11 is 0. The molecule has 2 saturated carbocycles. The van der Waals surface area contributed by atoms with Gasteiger partial charge in [-0.2, -0.15) is 0 Å². The van der Waals surface area contributed by atoms with Gasteiger partial charge in [-0.3, -0.25) is 4.79 Å². The molecule has 114 valence electrons. The van der Waals surface area contributed by atoms with Crippen LogP contribution in [0.25, 0.3) is 0 Å². The Labute approximate surface area is 125 Å². The Kier molecular flexibility index (Phi) is 6.82. The van der Waals surface area contributed by atoms with Crippen molar-refractivity contribution in [2.75, 3.05) is 0 Å². The average Bonchev–Trinajstić information content (AvgIpc) is 2.47. The Bertz CT molecular complexity index is 300. The third-order valence-electron chi connectivity index (χ3n) is 5.40. The number of hydrogen-bond donors (Lipinski definition) is 0. The first-order valence-electron chi connectivity index (χ1n) is 8.96. The van der Waals surface area contributed by atoms with Crippen molar-refractivity contribution in [1.82, 2.24) is 0 Å². The summed E-state index contributed by atoms with van der Waals surface area (Å²) in [6.07, 6.45) is 20.0. The van der Waals surface area contributed by atoms with Crippen LogP contribution in [0, 0.1) is 17.8 Å². The molecule has 0 radical (unpaired) electrons. The molecule has 20 heavy (non-hydrogen) atoms. The second kappa shape index (κ2) is 8.64. The van der Waals surface area contributed by atoms with E-state index in [4.69, 9.17) is 0 Å². The van der Waals surface area contributed by atoms with Gasteiger partial charge in [0.2, 0.25) is 0 Å². The zero-order valence-electron chi connectivity index (χ0n) is 13.3.